The first-order chi connectivity index (χ1) is 10.1. The first-order valence-electron chi connectivity index (χ1n) is 6.13. The molecule has 0 saturated heterocycles. The Morgan fingerprint density at radius 1 is 1.43 bits per heavy atom. The number of halogens is 1. The zero-order chi connectivity index (χ0) is 15.2. The fourth-order valence-corrected chi connectivity index (χ4v) is 1.79. The second kappa shape index (κ2) is 6.93. The van der Waals surface area contributed by atoms with Gasteiger partial charge in [0.15, 0.2) is 11.7 Å². The van der Waals surface area contributed by atoms with Crippen molar-refractivity contribution in [2.45, 2.75) is 13.8 Å². The lowest BCUT2D eigenvalue weighted by atomic mass is 10.2. The summed E-state index contributed by atoms with van der Waals surface area (Å²) in [5, 5.41) is 15.3. The number of tetrazole rings is 1. The van der Waals surface area contributed by atoms with E-state index in [0.29, 0.717) is 11.7 Å². The van der Waals surface area contributed by atoms with Crippen LogP contribution >= 0.6 is 15.9 Å². The molecule has 8 nitrogen and oxygen atoms in total. The number of rotatable bonds is 3. The van der Waals surface area contributed by atoms with E-state index in [9.17, 15) is 4.79 Å². The zero-order valence-corrected chi connectivity index (χ0v) is 13.0. The van der Waals surface area contributed by atoms with Crippen LogP contribution in [0, 0.1) is 6.92 Å². The standard InChI is InChI=1S/C12H13BrN6O2/c1-3-21-12(20)16-15-11(19-8(2)14-17-18-19)9-4-6-10(13)7-5-9/h4-7H,3H2,1-2H3,(H,16,20)/b15-11-. The molecule has 0 radical (unpaired) electrons. The normalized spacial score (nSPS) is 11.3. The molecule has 0 aliphatic heterocycles. The second-order valence-electron chi connectivity index (χ2n) is 3.91. The van der Waals surface area contributed by atoms with E-state index < -0.39 is 6.09 Å². The molecule has 0 spiro atoms. The Labute approximate surface area is 129 Å². The summed E-state index contributed by atoms with van der Waals surface area (Å²) in [6, 6.07) is 7.37. The van der Waals surface area contributed by atoms with E-state index in [2.05, 4.69) is 42.0 Å². The molecule has 0 saturated carbocycles. The predicted octanol–water partition coefficient (Wildman–Crippen LogP) is 1.70. The smallest absolute Gasteiger partial charge is 0.427 e. The third-order valence-corrected chi connectivity index (χ3v) is 2.99. The lowest BCUT2D eigenvalue weighted by molar-refractivity contribution is 0.152. The van der Waals surface area contributed by atoms with Gasteiger partial charge in [0.1, 0.15) is 0 Å². The van der Waals surface area contributed by atoms with Gasteiger partial charge < -0.3 is 4.74 Å². The number of hydrazone groups is 1. The first kappa shape index (κ1) is 15.1. The summed E-state index contributed by atoms with van der Waals surface area (Å²) in [7, 11) is 0. The SMILES string of the molecule is CCOC(=O)N/N=C(/c1ccc(Br)cc1)n1nnnc1C. The highest BCUT2D eigenvalue weighted by atomic mass is 79.9. The van der Waals surface area contributed by atoms with E-state index in [4.69, 9.17) is 4.74 Å². The summed E-state index contributed by atoms with van der Waals surface area (Å²) in [5.41, 5.74) is 3.05. The number of aryl methyl sites for hydroxylation is 1. The zero-order valence-electron chi connectivity index (χ0n) is 11.4. The van der Waals surface area contributed by atoms with Crippen molar-refractivity contribution in [1.82, 2.24) is 25.6 Å². The molecular weight excluding hydrogens is 340 g/mol. The van der Waals surface area contributed by atoms with Crippen LogP contribution < -0.4 is 5.43 Å². The van der Waals surface area contributed by atoms with Crippen molar-refractivity contribution in [2.24, 2.45) is 5.10 Å². The molecule has 0 unspecified atom stereocenters. The van der Waals surface area contributed by atoms with Crippen molar-refractivity contribution in [3.63, 3.8) is 0 Å². The summed E-state index contributed by atoms with van der Waals surface area (Å²) in [6.45, 7) is 3.71. The monoisotopic (exact) mass is 352 g/mol. The Morgan fingerprint density at radius 3 is 2.71 bits per heavy atom. The fourth-order valence-electron chi connectivity index (χ4n) is 1.52. The lowest BCUT2D eigenvalue weighted by Gasteiger charge is -2.08. The van der Waals surface area contributed by atoms with E-state index in [1.54, 1.807) is 13.8 Å². The Bertz CT molecular complexity index is 652. The van der Waals surface area contributed by atoms with Gasteiger partial charge in [-0.05, 0) is 36.4 Å². The van der Waals surface area contributed by atoms with Gasteiger partial charge in [0, 0.05) is 10.0 Å². The Hall–Kier alpha value is -2.29. The molecule has 1 aromatic carbocycles. The molecule has 2 aromatic rings. The molecule has 110 valence electrons. The number of nitrogens with one attached hydrogen (secondary N) is 1. The van der Waals surface area contributed by atoms with Crippen molar-refractivity contribution in [2.75, 3.05) is 6.61 Å². The van der Waals surface area contributed by atoms with Gasteiger partial charge in [-0.3, -0.25) is 0 Å². The number of carbonyl (C=O) groups excluding carboxylic acids is 1. The number of nitrogens with zero attached hydrogens (tertiary/aromatic N) is 5. The van der Waals surface area contributed by atoms with E-state index in [-0.39, 0.29) is 6.61 Å². The molecule has 21 heavy (non-hydrogen) atoms. The number of ether oxygens (including phenoxy) is 1. The van der Waals surface area contributed by atoms with E-state index in [1.807, 2.05) is 24.3 Å². The summed E-state index contributed by atoms with van der Waals surface area (Å²) in [4.78, 5) is 11.4. The van der Waals surface area contributed by atoms with Crippen LogP contribution in [0.25, 0.3) is 0 Å². The second-order valence-corrected chi connectivity index (χ2v) is 4.83. The number of hydrogen-bond donors (Lipinski definition) is 1. The Morgan fingerprint density at radius 2 is 2.14 bits per heavy atom. The lowest BCUT2D eigenvalue weighted by Crippen LogP contribution is -2.25. The maximum absolute atomic E-state index is 11.4. The number of hydrogen-bond acceptors (Lipinski definition) is 6. The quantitative estimate of drug-likeness (QED) is 0.515. The molecule has 0 aliphatic carbocycles. The number of benzene rings is 1. The van der Waals surface area contributed by atoms with Gasteiger partial charge in [0.25, 0.3) is 0 Å². The van der Waals surface area contributed by atoms with Crippen LogP contribution in [0.4, 0.5) is 4.79 Å². The Balaban J connectivity index is 2.35. The maximum atomic E-state index is 11.4. The summed E-state index contributed by atoms with van der Waals surface area (Å²) in [6.07, 6.45) is -0.641. The van der Waals surface area contributed by atoms with Gasteiger partial charge in [0.2, 0.25) is 0 Å². The molecule has 2 rings (SSSR count). The number of amides is 1. The highest BCUT2D eigenvalue weighted by molar-refractivity contribution is 9.10. The molecule has 9 heteroatoms. The van der Waals surface area contributed by atoms with Crippen molar-refractivity contribution in [3.8, 4) is 0 Å². The van der Waals surface area contributed by atoms with Gasteiger partial charge >= 0.3 is 6.09 Å². The van der Waals surface area contributed by atoms with Gasteiger partial charge in [-0.25, -0.2) is 10.2 Å². The van der Waals surface area contributed by atoms with Gasteiger partial charge in [0.05, 0.1) is 6.61 Å². The van der Waals surface area contributed by atoms with Crippen LogP contribution in [0.3, 0.4) is 0 Å². The molecule has 0 atom stereocenters. The highest BCUT2D eigenvalue weighted by Crippen LogP contribution is 2.12. The third kappa shape index (κ3) is 3.85. The largest absolute Gasteiger partial charge is 0.449 e. The van der Waals surface area contributed by atoms with Crippen LogP contribution in [-0.4, -0.2) is 38.7 Å². The van der Waals surface area contributed by atoms with E-state index in [1.165, 1.54) is 4.68 Å². The van der Waals surface area contributed by atoms with E-state index >= 15 is 0 Å². The summed E-state index contributed by atoms with van der Waals surface area (Å²) >= 11 is 3.36. The van der Waals surface area contributed by atoms with Gasteiger partial charge in [-0.2, -0.15) is 4.68 Å². The molecule has 1 N–H and O–H groups in total. The van der Waals surface area contributed by atoms with Crippen molar-refractivity contribution < 1.29 is 9.53 Å². The summed E-state index contributed by atoms with van der Waals surface area (Å²) in [5.74, 6) is 0.931. The molecule has 1 heterocycles. The van der Waals surface area contributed by atoms with Crippen molar-refractivity contribution in [3.05, 3.63) is 40.1 Å². The fraction of sp³-hybridized carbons (Fsp3) is 0.250. The average molecular weight is 353 g/mol. The third-order valence-electron chi connectivity index (χ3n) is 2.46. The van der Waals surface area contributed by atoms with Gasteiger partial charge in [-0.15, -0.1) is 10.2 Å². The molecule has 0 bridgehead atoms. The van der Waals surface area contributed by atoms with Crippen molar-refractivity contribution in [1.29, 1.82) is 0 Å². The van der Waals surface area contributed by atoms with Gasteiger partial charge in [-0.1, -0.05) is 28.1 Å². The molecule has 0 fully saturated rings. The molecule has 1 amide bonds. The van der Waals surface area contributed by atoms with Crippen LogP contribution in [-0.2, 0) is 4.74 Å². The molecule has 1 aromatic heterocycles. The van der Waals surface area contributed by atoms with Crippen LogP contribution in [0.1, 0.15) is 18.3 Å². The van der Waals surface area contributed by atoms with Crippen LogP contribution in [0.5, 0.6) is 0 Å². The van der Waals surface area contributed by atoms with Crippen LogP contribution in [0.2, 0.25) is 0 Å². The van der Waals surface area contributed by atoms with Crippen molar-refractivity contribution >= 4 is 27.9 Å². The van der Waals surface area contributed by atoms with Crippen LogP contribution in [0.15, 0.2) is 33.8 Å². The predicted molar refractivity (Wildman–Crippen MR) is 78.8 cm³/mol. The molecule has 0 aliphatic rings. The Kier molecular flexibility index (Phi) is 4.99. The maximum Gasteiger partial charge on any atom is 0.427 e. The minimum atomic E-state index is -0.641. The average Bonchev–Trinajstić information content (AvgIpc) is 2.88. The topological polar surface area (TPSA) is 94.3 Å². The van der Waals surface area contributed by atoms with E-state index in [0.717, 1.165) is 10.0 Å². The number of aromatic nitrogens is 4. The summed E-state index contributed by atoms with van der Waals surface area (Å²) < 4.78 is 7.12. The minimum absolute atomic E-state index is 0.263. The minimum Gasteiger partial charge on any atom is -0.449 e. The first-order valence-corrected chi connectivity index (χ1v) is 6.93. The molecular formula is C12H13BrN6O2. The number of carbonyl (C=O) groups is 1. The highest BCUT2D eigenvalue weighted by Gasteiger charge is 2.12.